The summed E-state index contributed by atoms with van der Waals surface area (Å²) in [4.78, 5) is 5.16. The van der Waals surface area contributed by atoms with E-state index in [-0.39, 0.29) is 0 Å². The predicted octanol–water partition coefficient (Wildman–Crippen LogP) is 2.43. The van der Waals surface area contributed by atoms with Gasteiger partial charge in [-0.25, -0.2) is 0 Å². The van der Waals surface area contributed by atoms with Crippen LogP contribution < -0.4 is 5.32 Å². The van der Waals surface area contributed by atoms with Crippen LogP contribution in [0, 0.1) is 5.41 Å². The van der Waals surface area contributed by atoms with Crippen LogP contribution in [0.1, 0.15) is 47.0 Å². The fraction of sp³-hybridized carbons (Fsp3) is 1.00. The number of rotatable bonds is 8. The van der Waals surface area contributed by atoms with Crippen molar-refractivity contribution in [1.82, 2.24) is 15.1 Å². The highest BCUT2D eigenvalue weighted by Gasteiger charge is 2.32. The molecule has 114 valence electrons. The summed E-state index contributed by atoms with van der Waals surface area (Å²) >= 11 is 0. The number of hydrogen-bond acceptors (Lipinski definition) is 3. The number of piperazine rings is 1. The van der Waals surface area contributed by atoms with Crippen LogP contribution in [0.15, 0.2) is 0 Å². The van der Waals surface area contributed by atoms with Gasteiger partial charge in [-0.05, 0) is 45.2 Å². The molecule has 1 saturated heterocycles. The number of nitrogens with one attached hydrogen (secondary N) is 1. The van der Waals surface area contributed by atoms with Gasteiger partial charge in [0.2, 0.25) is 0 Å². The Balaban J connectivity index is 2.56. The summed E-state index contributed by atoms with van der Waals surface area (Å²) in [5.41, 5.74) is 0.458. The first-order chi connectivity index (χ1) is 9.06. The SMILES string of the molecule is CCCNCC(CC)(CC)CN1CCN(C)CC1C. The predicted molar refractivity (Wildman–Crippen MR) is 84.7 cm³/mol. The van der Waals surface area contributed by atoms with Crippen LogP contribution in [0.25, 0.3) is 0 Å². The van der Waals surface area contributed by atoms with E-state index < -0.39 is 0 Å². The van der Waals surface area contributed by atoms with Crippen molar-refractivity contribution >= 4 is 0 Å². The second kappa shape index (κ2) is 8.23. The first-order valence-corrected chi connectivity index (χ1v) is 8.20. The van der Waals surface area contributed by atoms with Gasteiger partial charge in [0.15, 0.2) is 0 Å². The smallest absolute Gasteiger partial charge is 0.0195 e. The molecule has 0 spiro atoms. The lowest BCUT2D eigenvalue weighted by molar-refractivity contribution is 0.0496. The Morgan fingerprint density at radius 2 is 1.84 bits per heavy atom. The van der Waals surface area contributed by atoms with E-state index in [1.807, 2.05) is 0 Å². The molecule has 1 unspecified atom stereocenters. The molecule has 1 heterocycles. The average Bonchev–Trinajstić information content (AvgIpc) is 2.41. The highest BCUT2D eigenvalue weighted by atomic mass is 15.3. The fourth-order valence-electron chi connectivity index (χ4n) is 3.15. The van der Waals surface area contributed by atoms with E-state index in [1.54, 1.807) is 0 Å². The molecule has 0 saturated carbocycles. The summed E-state index contributed by atoms with van der Waals surface area (Å²) in [6.07, 6.45) is 3.78. The van der Waals surface area contributed by atoms with Gasteiger partial charge in [0.25, 0.3) is 0 Å². The van der Waals surface area contributed by atoms with Crippen molar-refractivity contribution in [3.05, 3.63) is 0 Å². The van der Waals surface area contributed by atoms with E-state index >= 15 is 0 Å². The van der Waals surface area contributed by atoms with Crippen LogP contribution >= 0.6 is 0 Å². The Hall–Kier alpha value is -0.120. The summed E-state index contributed by atoms with van der Waals surface area (Å²) in [5.74, 6) is 0. The quantitative estimate of drug-likeness (QED) is 0.683. The molecule has 0 bridgehead atoms. The summed E-state index contributed by atoms with van der Waals surface area (Å²) in [7, 11) is 2.24. The van der Waals surface area contributed by atoms with Gasteiger partial charge in [0.05, 0.1) is 0 Å². The van der Waals surface area contributed by atoms with Crippen molar-refractivity contribution < 1.29 is 0 Å². The average molecular weight is 269 g/mol. The van der Waals surface area contributed by atoms with Crippen molar-refractivity contribution in [3.63, 3.8) is 0 Å². The van der Waals surface area contributed by atoms with Crippen LogP contribution in [0.3, 0.4) is 0 Å². The lowest BCUT2D eigenvalue weighted by Gasteiger charge is -2.44. The first kappa shape index (κ1) is 16.9. The number of likely N-dealkylation sites (N-methyl/N-ethyl adjacent to an activating group) is 1. The zero-order valence-electron chi connectivity index (χ0n) is 13.8. The van der Waals surface area contributed by atoms with Gasteiger partial charge >= 0.3 is 0 Å². The molecule has 0 aromatic carbocycles. The maximum Gasteiger partial charge on any atom is 0.0195 e. The van der Waals surface area contributed by atoms with Crippen molar-refractivity contribution in [1.29, 1.82) is 0 Å². The minimum atomic E-state index is 0.458. The van der Waals surface area contributed by atoms with Gasteiger partial charge in [0, 0.05) is 38.8 Å². The standard InChI is InChI=1S/C16H35N3/c1-6-9-17-13-16(7-2,8-3)14-19-11-10-18(5)12-15(19)4/h15,17H,6-14H2,1-5H3. The zero-order valence-corrected chi connectivity index (χ0v) is 13.8. The molecule has 0 aliphatic carbocycles. The van der Waals surface area contributed by atoms with E-state index in [0.29, 0.717) is 11.5 Å². The number of nitrogens with zero attached hydrogens (tertiary/aromatic N) is 2. The molecule has 1 aliphatic heterocycles. The van der Waals surface area contributed by atoms with Gasteiger partial charge in [-0.3, -0.25) is 4.90 Å². The van der Waals surface area contributed by atoms with Crippen LogP contribution in [0.2, 0.25) is 0 Å². The minimum Gasteiger partial charge on any atom is -0.316 e. The van der Waals surface area contributed by atoms with Crippen LogP contribution in [0.4, 0.5) is 0 Å². The molecule has 0 amide bonds. The van der Waals surface area contributed by atoms with Crippen LogP contribution in [-0.2, 0) is 0 Å². The van der Waals surface area contributed by atoms with E-state index in [9.17, 15) is 0 Å². The monoisotopic (exact) mass is 269 g/mol. The molecule has 19 heavy (non-hydrogen) atoms. The van der Waals surface area contributed by atoms with Gasteiger partial charge < -0.3 is 10.2 Å². The minimum absolute atomic E-state index is 0.458. The summed E-state index contributed by atoms with van der Waals surface area (Å²) < 4.78 is 0. The summed E-state index contributed by atoms with van der Waals surface area (Å²) in [5, 5.41) is 3.65. The second-order valence-corrected chi connectivity index (χ2v) is 6.47. The molecular formula is C16H35N3. The molecule has 3 heteroatoms. The molecule has 0 aromatic heterocycles. The van der Waals surface area contributed by atoms with Crippen LogP contribution in [0.5, 0.6) is 0 Å². The van der Waals surface area contributed by atoms with Gasteiger partial charge in [-0.15, -0.1) is 0 Å². The Labute approximate surface area is 120 Å². The molecule has 0 aromatic rings. The van der Waals surface area contributed by atoms with Gasteiger partial charge in [-0.2, -0.15) is 0 Å². The van der Waals surface area contributed by atoms with E-state index in [0.717, 1.165) is 6.54 Å². The zero-order chi connectivity index (χ0) is 14.3. The second-order valence-electron chi connectivity index (χ2n) is 6.47. The van der Waals surface area contributed by atoms with Crippen molar-refractivity contribution in [3.8, 4) is 0 Å². The Morgan fingerprint density at radius 1 is 1.16 bits per heavy atom. The van der Waals surface area contributed by atoms with Crippen molar-refractivity contribution in [2.24, 2.45) is 5.41 Å². The topological polar surface area (TPSA) is 18.5 Å². The molecule has 1 aliphatic rings. The molecule has 1 N–H and O–H groups in total. The Morgan fingerprint density at radius 3 is 2.37 bits per heavy atom. The maximum absolute atomic E-state index is 3.65. The van der Waals surface area contributed by atoms with Crippen molar-refractivity contribution in [2.75, 3.05) is 46.3 Å². The van der Waals surface area contributed by atoms with Gasteiger partial charge in [0.1, 0.15) is 0 Å². The normalized spacial score (nSPS) is 22.9. The third kappa shape index (κ3) is 5.05. The lowest BCUT2D eigenvalue weighted by atomic mass is 9.81. The van der Waals surface area contributed by atoms with E-state index in [2.05, 4.69) is 49.9 Å². The summed E-state index contributed by atoms with van der Waals surface area (Å²) in [6.45, 7) is 16.6. The molecule has 3 nitrogen and oxygen atoms in total. The van der Waals surface area contributed by atoms with E-state index in [4.69, 9.17) is 0 Å². The fourth-order valence-corrected chi connectivity index (χ4v) is 3.15. The van der Waals surface area contributed by atoms with Crippen LogP contribution in [-0.4, -0.2) is 62.2 Å². The number of hydrogen-bond donors (Lipinski definition) is 1. The molecular weight excluding hydrogens is 234 g/mol. The first-order valence-electron chi connectivity index (χ1n) is 8.20. The molecule has 1 atom stereocenters. The van der Waals surface area contributed by atoms with E-state index in [1.165, 1.54) is 52.0 Å². The Bertz CT molecular complexity index is 238. The third-order valence-electron chi connectivity index (χ3n) is 4.93. The lowest BCUT2D eigenvalue weighted by Crippen LogP contribution is -2.55. The Kier molecular flexibility index (Phi) is 7.33. The summed E-state index contributed by atoms with van der Waals surface area (Å²) in [6, 6.07) is 0.697. The third-order valence-corrected chi connectivity index (χ3v) is 4.93. The largest absolute Gasteiger partial charge is 0.316 e. The molecule has 0 radical (unpaired) electrons. The van der Waals surface area contributed by atoms with Crippen molar-refractivity contribution in [2.45, 2.75) is 53.0 Å². The highest BCUT2D eigenvalue weighted by Crippen LogP contribution is 2.28. The van der Waals surface area contributed by atoms with Gasteiger partial charge in [-0.1, -0.05) is 20.8 Å². The molecule has 1 fully saturated rings. The maximum atomic E-state index is 3.65. The molecule has 1 rings (SSSR count). The highest BCUT2D eigenvalue weighted by molar-refractivity contribution is 4.87.